The molecule has 0 radical (unpaired) electrons. The predicted octanol–water partition coefficient (Wildman–Crippen LogP) is 4.35. The van der Waals surface area contributed by atoms with Crippen LogP contribution in [0.2, 0.25) is 0 Å². The van der Waals surface area contributed by atoms with E-state index in [-0.39, 0.29) is 11.8 Å². The van der Waals surface area contributed by atoms with Crippen molar-refractivity contribution in [3.8, 4) is 0 Å². The first-order valence-electron chi connectivity index (χ1n) is 11.0. The molecule has 0 fully saturated rings. The summed E-state index contributed by atoms with van der Waals surface area (Å²) in [6, 6.07) is 16.2. The van der Waals surface area contributed by atoms with Gasteiger partial charge in [0.1, 0.15) is 0 Å². The number of hydrogen-bond acceptors (Lipinski definition) is 2. The maximum absolute atomic E-state index is 14.2. The number of carbonyl (C=O) groups excluding carboxylic acids is 2. The summed E-state index contributed by atoms with van der Waals surface area (Å²) in [5, 5.41) is 1.15. The molecule has 2 aromatic carbocycles. The second kappa shape index (κ2) is 7.01. The Hall–Kier alpha value is -3.08. The minimum Gasteiger partial charge on any atom is -0.355 e. The summed E-state index contributed by atoms with van der Waals surface area (Å²) in [5.74, 6) is 0.00579. The number of aromatic nitrogens is 1. The van der Waals surface area contributed by atoms with Gasteiger partial charge < -0.3 is 14.8 Å². The van der Waals surface area contributed by atoms with Gasteiger partial charge in [-0.1, -0.05) is 56.7 Å². The number of carbonyl (C=O) groups is 2. The highest BCUT2D eigenvalue weighted by Crippen LogP contribution is 2.52. The van der Waals surface area contributed by atoms with Gasteiger partial charge in [-0.15, -0.1) is 0 Å². The summed E-state index contributed by atoms with van der Waals surface area (Å²) in [6.45, 7) is 5.21. The predicted molar refractivity (Wildman–Crippen MR) is 118 cm³/mol. The van der Waals surface area contributed by atoms with E-state index in [4.69, 9.17) is 0 Å². The van der Waals surface area contributed by atoms with E-state index in [1.807, 2.05) is 59.2 Å². The van der Waals surface area contributed by atoms with Gasteiger partial charge >= 0.3 is 0 Å². The van der Waals surface area contributed by atoms with Gasteiger partial charge in [0, 0.05) is 36.0 Å². The molecule has 5 nitrogen and oxygen atoms in total. The van der Waals surface area contributed by atoms with Crippen LogP contribution in [0.4, 0.5) is 5.69 Å². The minimum absolute atomic E-state index is 0.00791. The van der Waals surface area contributed by atoms with E-state index in [9.17, 15) is 9.59 Å². The number of amides is 2. The number of fused-ring (bicyclic) bond motifs is 6. The summed E-state index contributed by atoms with van der Waals surface area (Å²) in [6.07, 6.45) is 3.06. The zero-order chi connectivity index (χ0) is 20.9. The summed E-state index contributed by atoms with van der Waals surface area (Å²) in [7, 11) is 0. The van der Waals surface area contributed by atoms with Crippen molar-refractivity contribution >= 4 is 28.4 Å². The van der Waals surface area contributed by atoms with E-state index < -0.39 is 5.54 Å². The lowest BCUT2D eigenvalue weighted by atomic mass is 9.79. The van der Waals surface area contributed by atoms with Gasteiger partial charge in [-0.3, -0.25) is 9.59 Å². The normalized spacial score (nSPS) is 20.1. The van der Waals surface area contributed by atoms with Crippen LogP contribution in [0.25, 0.3) is 10.9 Å². The minimum atomic E-state index is -1.11. The average molecular weight is 402 g/mol. The fraction of sp³-hybridized carbons (Fsp3) is 0.360. The summed E-state index contributed by atoms with van der Waals surface area (Å²) < 4.78 is 0. The van der Waals surface area contributed by atoms with Crippen LogP contribution in [0.3, 0.4) is 0 Å². The number of nitrogens with zero attached hydrogens (tertiary/aromatic N) is 2. The number of unbranched alkanes of at least 4 members (excludes halogenated alkanes) is 1. The average Bonchev–Trinajstić information content (AvgIpc) is 3.27. The Balaban J connectivity index is 1.83. The lowest BCUT2D eigenvalue weighted by Gasteiger charge is -2.43. The molecule has 2 aliphatic heterocycles. The van der Waals surface area contributed by atoms with Crippen molar-refractivity contribution in [1.82, 2.24) is 9.88 Å². The van der Waals surface area contributed by atoms with Crippen LogP contribution in [-0.4, -0.2) is 34.8 Å². The standard InChI is InChI=1S/C25H27N3O2/c1-3-5-15-27-21-13-9-7-11-19(21)25(24(27)30)23-18(14-16-28(25)22(29)4-2)17-10-6-8-12-20(17)26-23/h6-13,26H,3-5,14-16H2,1-2H3/t25-/m0/s1. The molecule has 0 unspecified atom stereocenters. The maximum Gasteiger partial charge on any atom is 0.263 e. The third-order valence-corrected chi connectivity index (χ3v) is 6.64. The molecule has 1 N–H and O–H groups in total. The lowest BCUT2D eigenvalue weighted by Crippen LogP contribution is -2.59. The first kappa shape index (κ1) is 18.9. The number of para-hydroxylation sites is 2. The quantitative estimate of drug-likeness (QED) is 0.706. The number of rotatable bonds is 4. The number of H-pyrrole nitrogens is 1. The number of benzene rings is 2. The first-order chi connectivity index (χ1) is 14.6. The summed E-state index contributed by atoms with van der Waals surface area (Å²) >= 11 is 0. The Morgan fingerprint density at radius 3 is 2.67 bits per heavy atom. The Morgan fingerprint density at radius 2 is 1.87 bits per heavy atom. The van der Waals surface area contributed by atoms with Crippen LogP contribution >= 0.6 is 0 Å². The highest BCUT2D eigenvalue weighted by molar-refractivity contribution is 6.12. The van der Waals surface area contributed by atoms with E-state index in [2.05, 4.69) is 18.0 Å². The fourth-order valence-corrected chi connectivity index (χ4v) is 5.27. The molecule has 3 heterocycles. The van der Waals surface area contributed by atoms with Crippen molar-refractivity contribution in [2.24, 2.45) is 0 Å². The van der Waals surface area contributed by atoms with Crippen molar-refractivity contribution in [3.63, 3.8) is 0 Å². The molecular weight excluding hydrogens is 374 g/mol. The molecule has 2 aliphatic rings. The smallest absolute Gasteiger partial charge is 0.263 e. The van der Waals surface area contributed by atoms with Gasteiger partial charge in [0.25, 0.3) is 5.91 Å². The molecule has 5 heteroatoms. The van der Waals surface area contributed by atoms with Gasteiger partial charge in [-0.25, -0.2) is 0 Å². The SMILES string of the molecule is CCCCN1C(=O)[C@]2(c3ccccc31)c1[nH]c3ccccc3c1CCN2C(=O)CC. The van der Waals surface area contributed by atoms with Gasteiger partial charge in [0.05, 0.1) is 11.4 Å². The lowest BCUT2D eigenvalue weighted by molar-refractivity contribution is -0.144. The van der Waals surface area contributed by atoms with Crippen LogP contribution in [0, 0.1) is 0 Å². The van der Waals surface area contributed by atoms with E-state index in [1.54, 1.807) is 0 Å². The number of hydrogen-bond donors (Lipinski definition) is 1. The Labute approximate surface area is 176 Å². The van der Waals surface area contributed by atoms with Crippen molar-refractivity contribution in [1.29, 1.82) is 0 Å². The topological polar surface area (TPSA) is 56.4 Å². The third-order valence-electron chi connectivity index (χ3n) is 6.64. The number of anilines is 1. The molecule has 1 aromatic heterocycles. The molecular formula is C25H27N3O2. The van der Waals surface area contributed by atoms with Gasteiger partial charge in [-0.2, -0.15) is 0 Å². The molecule has 0 bridgehead atoms. The van der Waals surface area contributed by atoms with Crippen molar-refractivity contribution in [2.45, 2.75) is 45.1 Å². The van der Waals surface area contributed by atoms with Crippen LogP contribution in [-0.2, 0) is 21.5 Å². The highest BCUT2D eigenvalue weighted by Gasteiger charge is 2.60. The molecule has 154 valence electrons. The molecule has 5 rings (SSSR count). The molecule has 1 spiro atoms. The highest BCUT2D eigenvalue weighted by atomic mass is 16.2. The molecule has 0 saturated carbocycles. The van der Waals surface area contributed by atoms with E-state index in [0.717, 1.165) is 52.7 Å². The third kappa shape index (κ3) is 2.35. The van der Waals surface area contributed by atoms with Crippen molar-refractivity contribution in [2.75, 3.05) is 18.0 Å². The number of aromatic amines is 1. The fourth-order valence-electron chi connectivity index (χ4n) is 5.27. The second-order valence-corrected chi connectivity index (χ2v) is 8.21. The zero-order valence-corrected chi connectivity index (χ0v) is 17.6. The van der Waals surface area contributed by atoms with Crippen molar-refractivity contribution < 1.29 is 9.59 Å². The van der Waals surface area contributed by atoms with Crippen LogP contribution in [0.1, 0.15) is 49.9 Å². The Kier molecular flexibility index (Phi) is 4.42. The van der Waals surface area contributed by atoms with E-state index in [1.165, 1.54) is 0 Å². The van der Waals surface area contributed by atoms with Gasteiger partial charge in [-0.05, 0) is 30.5 Å². The van der Waals surface area contributed by atoms with E-state index in [0.29, 0.717) is 19.5 Å². The monoisotopic (exact) mass is 401 g/mol. The summed E-state index contributed by atoms with van der Waals surface area (Å²) in [5.41, 5.74) is 3.78. The van der Waals surface area contributed by atoms with Gasteiger partial charge in [0.15, 0.2) is 5.54 Å². The summed E-state index contributed by atoms with van der Waals surface area (Å²) in [4.78, 5) is 34.7. The molecule has 0 aliphatic carbocycles. The Bertz CT molecular complexity index is 1150. The van der Waals surface area contributed by atoms with Crippen molar-refractivity contribution in [3.05, 3.63) is 65.4 Å². The van der Waals surface area contributed by atoms with Gasteiger partial charge in [0.2, 0.25) is 5.91 Å². The molecule has 1 atom stereocenters. The largest absolute Gasteiger partial charge is 0.355 e. The van der Waals surface area contributed by atoms with Crippen LogP contribution < -0.4 is 4.90 Å². The first-order valence-corrected chi connectivity index (χ1v) is 11.0. The second-order valence-electron chi connectivity index (χ2n) is 8.21. The molecule has 0 saturated heterocycles. The van der Waals surface area contributed by atoms with Crippen LogP contribution in [0.15, 0.2) is 48.5 Å². The number of nitrogens with one attached hydrogen (secondary N) is 1. The molecule has 2 amide bonds. The maximum atomic E-state index is 14.2. The Morgan fingerprint density at radius 1 is 1.10 bits per heavy atom. The van der Waals surface area contributed by atoms with Crippen LogP contribution in [0.5, 0.6) is 0 Å². The van der Waals surface area contributed by atoms with E-state index >= 15 is 0 Å². The molecule has 3 aromatic rings. The molecule has 30 heavy (non-hydrogen) atoms. The zero-order valence-electron chi connectivity index (χ0n) is 17.6.